The minimum absolute atomic E-state index is 0.0166. The van der Waals surface area contributed by atoms with Crippen molar-refractivity contribution >= 4 is 15.9 Å². The highest BCUT2D eigenvalue weighted by molar-refractivity contribution is 7.89. The predicted molar refractivity (Wildman–Crippen MR) is 123 cm³/mol. The number of benzene rings is 2. The van der Waals surface area contributed by atoms with E-state index in [2.05, 4.69) is 0 Å². The number of rotatable bonds is 5. The number of sulfonamides is 1. The maximum absolute atomic E-state index is 14.6. The number of halogens is 4. The SMILES string of the molecule is Cc1ccc(S(=O)(=O)N2CCC[C@H]2C(=O)N(C)C2CCC(F)(F)CC2)c(-c2cccc(F)c2F)c1. The molecule has 35 heavy (non-hydrogen) atoms. The van der Waals surface area contributed by atoms with Crippen molar-refractivity contribution < 1.29 is 30.8 Å². The van der Waals surface area contributed by atoms with Gasteiger partial charge in [0.2, 0.25) is 21.9 Å². The summed E-state index contributed by atoms with van der Waals surface area (Å²) < 4.78 is 84.4. The van der Waals surface area contributed by atoms with Crippen LogP contribution in [-0.2, 0) is 14.8 Å². The van der Waals surface area contributed by atoms with Crippen LogP contribution < -0.4 is 0 Å². The number of hydrogen-bond acceptors (Lipinski definition) is 3. The Morgan fingerprint density at radius 3 is 2.43 bits per heavy atom. The van der Waals surface area contributed by atoms with Crippen LogP contribution in [0, 0.1) is 18.6 Å². The Kier molecular flexibility index (Phi) is 6.98. The largest absolute Gasteiger partial charge is 0.341 e. The molecule has 2 aromatic carbocycles. The first-order valence-corrected chi connectivity index (χ1v) is 13.1. The molecule has 1 amide bonds. The van der Waals surface area contributed by atoms with Crippen molar-refractivity contribution in [1.29, 1.82) is 0 Å². The van der Waals surface area contributed by atoms with Gasteiger partial charge in [0, 0.05) is 43.6 Å². The monoisotopic (exact) mass is 512 g/mol. The van der Waals surface area contributed by atoms with Gasteiger partial charge in [-0.15, -0.1) is 0 Å². The molecule has 2 fully saturated rings. The molecule has 190 valence electrons. The fourth-order valence-corrected chi connectivity index (χ4v) is 6.86. The van der Waals surface area contributed by atoms with E-state index in [1.54, 1.807) is 13.0 Å². The van der Waals surface area contributed by atoms with Crippen LogP contribution in [0.4, 0.5) is 17.6 Å². The summed E-state index contributed by atoms with van der Waals surface area (Å²) >= 11 is 0. The first-order valence-electron chi connectivity index (χ1n) is 11.6. The van der Waals surface area contributed by atoms with E-state index in [9.17, 15) is 30.8 Å². The molecular formula is C25H28F4N2O3S. The molecule has 10 heteroatoms. The minimum Gasteiger partial charge on any atom is -0.341 e. The average Bonchev–Trinajstić information content (AvgIpc) is 3.31. The summed E-state index contributed by atoms with van der Waals surface area (Å²) in [6.45, 7) is 1.80. The van der Waals surface area contributed by atoms with Gasteiger partial charge in [-0.2, -0.15) is 4.31 Å². The van der Waals surface area contributed by atoms with E-state index in [0.717, 1.165) is 10.4 Å². The number of carbonyl (C=O) groups excluding carboxylic acids is 1. The molecule has 0 aromatic heterocycles. The van der Waals surface area contributed by atoms with Crippen molar-refractivity contribution in [3.63, 3.8) is 0 Å². The van der Waals surface area contributed by atoms with Gasteiger partial charge >= 0.3 is 0 Å². The van der Waals surface area contributed by atoms with E-state index in [1.807, 2.05) is 0 Å². The van der Waals surface area contributed by atoms with E-state index in [-0.39, 0.29) is 54.3 Å². The van der Waals surface area contributed by atoms with Crippen LogP contribution in [0.25, 0.3) is 11.1 Å². The average molecular weight is 513 g/mol. The molecule has 1 aliphatic heterocycles. The van der Waals surface area contributed by atoms with Crippen LogP contribution in [0.3, 0.4) is 0 Å². The van der Waals surface area contributed by atoms with Crippen LogP contribution >= 0.6 is 0 Å². The molecule has 0 spiro atoms. The van der Waals surface area contributed by atoms with Crippen molar-refractivity contribution in [2.24, 2.45) is 0 Å². The summed E-state index contributed by atoms with van der Waals surface area (Å²) in [7, 11) is -2.74. The van der Waals surface area contributed by atoms with Crippen LogP contribution in [0.1, 0.15) is 44.1 Å². The topological polar surface area (TPSA) is 57.7 Å². The second kappa shape index (κ2) is 9.54. The van der Waals surface area contributed by atoms with Gasteiger partial charge < -0.3 is 4.90 Å². The molecule has 1 saturated heterocycles. The van der Waals surface area contributed by atoms with E-state index in [4.69, 9.17) is 0 Å². The van der Waals surface area contributed by atoms with E-state index >= 15 is 0 Å². The normalized spacial score (nSPS) is 21.3. The lowest BCUT2D eigenvalue weighted by atomic mass is 9.91. The maximum Gasteiger partial charge on any atom is 0.248 e. The lowest BCUT2D eigenvalue weighted by Crippen LogP contribution is -2.50. The third-order valence-electron chi connectivity index (χ3n) is 7.03. The fraction of sp³-hybridized carbons (Fsp3) is 0.480. The number of aryl methyl sites for hydroxylation is 1. The van der Waals surface area contributed by atoms with Gasteiger partial charge in [-0.3, -0.25) is 4.79 Å². The summed E-state index contributed by atoms with van der Waals surface area (Å²) in [6.07, 6.45) is 0.412. The lowest BCUT2D eigenvalue weighted by molar-refractivity contribution is -0.138. The van der Waals surface area contributed by atoms with Crippen LogP contribution in [0.5, 0.6) is 0 Å². The Hall–Kier alpha value is -2.46. The lowest BCUT2D eigenvalue weighted by Gasteiger charge is -2.37. The number of alkyl halides is 2. The Balaban J connectivity index is 1.66. The molecule has 0 radical (unpaired) electrons. The van der Waals surface area contributed by atoms with Gasteiger partial charge in [0.25, 0.3) is 0 Å². The van der Waals surface area contributed by atoms with Crippen molar-refractivity contribution in [2.75, 3.05) is 13.6 Å². The van der Waals surface area contributed by atoms with Gasteiger partial charge in [0.1, 0.15) is 6.04 Å². The van der Waals surface area contributed by atoms with E-state index in [1.165, 1.54) is 36.2 Å². The predicted octanol–water partition coefficient (Wildman–Crippen LogP) is 5.13. The molecule has 4 rings (SSSR count). The first-order chi connectivity index (χ1) is 16.4. The van der Waals surface area contributed by atoms with Gasteiger partial charge in [0.15, 0.2) is 11.6 Å². The van der Waals surface area contributed by atoms with Gasteiger partial charge in [-0.25, -0.2) is 26.0 Å². The minimum atomic E-state index is -4.26. The summed E-state index contributed by atoms with van der Waals surface area (Å²) in [4.78, 5) is 14.5. The maximum atomic E-state index is 14.6. The molecule has 0 N–H and O–H groups in total. The summed E-state index contributed by atoms with van der Waals surface area (Å²) in [5.41, 5.74) is 0.489. The van der Waals surface area contributed by atoms with Crippen molar-refractivity contribution in [2.45, 2.75) is 68.4 Å². The van der Waals surface area contributed by atoms with Crippen molar-refractivity contribution in [3.05, 3.63) is 53.6 Å². The summed E-state index contributed by atoms with van der Waals surface area (Å²) in [6, 6.07) is 6.58. The van der Waals surface area contributed by atoms with E-state index in [0.29, 0.717) is 18.4 Å². The Morgan fingerprint density at radius 1 is 1.06 bits per heavy atom. The van der Waals surface area contributed by atoms with Crippen LogP contribution in [-0.4, -0.2) is 55.1 Å². The fourth-order valence-electron chi connectivity index (χ4n) is 5.02. The zero-order chi connectivity index (χ0) is 25.5. The molecule has 0 unspecified atom stereocenters. The molecule has 1 heterocycles. The molecule has 1 saturated carbocycles. The molecule has 1 atom stereocenters. The number of hydrogen-bond donors (Lipinski definition) is 0. The highest BCUT2D eigenvalue weighted by Crippen LogP contribution is 2.38. The zero-order valence-corrected chi connectivity index (χ0v) is 20.4. The van der Waals surface area contributed by atoms with Gasteiger partial charge in [0.05, 0.1) is 4.90 Å². The van der Waals surface area contributed by atoms with Gasteiger partial charge in [-0.1, -0.05) is 23.8 Å². The second-order valence-electron chi connectivity index (χ2n) is 9.41. The zero-order valence-electron chi connectivity index (χ0n) is 19.6. The smallest absolute Gasteiger partial charge is 0.248 e. The third kappa shape index (κ3) is 4.95. The standard InChI is InChI=1S/C25H28F4N2O3S/c1-16-8-9-22(19(15-16)18-5-3-6-20(26)23(18)27)35(33,34)31-14-4-7-21(31)24(32)30(2)17-10-12-25(28,29)13-11-17/h3,5-6,8-9,15,17,21H,4,7,10-14H2,1-2H3/t21-/m0/s1. The van der Waals surface area contributed by atoms with Crippen LogP contribution in [0.2, 0.25) is 0 Å². The number of carbonyl (C=O) groups is 1. The number of nitrogens with zero attached hydrogens (tertiary/aromatic N) is 2. The molecule has 1 aliphatic carbocycles. The van der Waals surface area contributed by atoms with Crippen molar-refractivity contribution in [1.82, 2.24) is 9.21 Å². The molecule has 2 aromatic rings. The highest BCUT2D eigenvalue weighted by atomic mass is 32.2. The first kappa shape index (κ1) is 25.6. The number of amides is 1. The Morgan fingerprint density at radius 2 is 1.74 bits per heavy atom. The van der Waals surface area contributed by atoms with Crippen LogP contribution in [0.15, 0.2) is 41.3 Å². The number of likely N-dealkylation sites (N-methyl/N-ethyl adjacent to an activating group) is 1. The molecule has 5 nitrogen and oxygen atoms in total. The Bertz CT molecular complexity index is 1230. The van der Waals surface area contributed by atoms with Crippen molar-refractivity contribution in [3.8, 4) is 11.1 Å². The summed E-state index contributed by atoms with van der Waals surface area (Å²) in [5, 5.41) is 0. The summed E-state index contributed by atoms with van der Waals surface area (Å²) in [5.74, 6) is -5.43. The quantitative estimate of drug-likeness (QED) is 0.522. The van der Waals surface area contributed by atoms with Gasteiger partial charge in [-0.05, 0) is 50.8 Å². The molecule has 2 aliphatic rings. The highest BCUT2D eigenvalue weighted by Gasteiger charge is 2.44. The van der Waals surface area contributed by atoms with E-state index < -0.39 is 39.5 Å². The Labute approximate surface area is 202 Å². The molecule has 0 bridgehead atoms. The molecular weight excluding hydrogens is 484 g/mol. The second-order valence-corrected chi connectivity index (χ2v) is 11.3. The third-order valence-corrected chi connectivity index (χ3v) is 9.00.